The Hall–Kier alpha value is -1.63. The van der Waals surface area contributed by atoms with Gasteiger partial charge in [0.2, 0.25) is 0 Å². The molecule has 0 aliphatic carbocycles. The highest BCUT2D eigenvalue weighted by molar-refractivity contribution is 5.95. The number of nitrogens with two attached hydrogens (primary N) is 1. The molecule has 1 atom stereocenters. The monoisotopic (exact) mass is 317 g/mol. The first kappa shape index (κ1) is 20.4. The van der Waals surface area contributed by atoms with E-state index in [1.807, 2.05) is 0 Å². The molecule has 0 radical (unpaired) electrons. The lowest BCUT2D eigenvalue weighted by Gasteiger charge is -2.26. The van der Waals surface area contributed by atoms with Gasteiger partial charge in [-0.25, -0.2) is 0 Å². The van der Waals surface area contributed by atoms with Crippen LogP contribution in [-0.4, -0.2) is 40.3 Å². The molecular formula is C15H27NO6. The van der Waals surface area contributed by atoms with Crippen LogP contribution >= 0.6 is 0 Å². The van der Waals surface area contributed by atoms with Gasteiger partial charge in [-0.05, 0) is 54.4 Å². The minimum Gasteiger partial charge on any atom is -0.480 e. The van der Waals surface area contributed by atoms with Gasteiger partial charge in [-0.3, -0.25) is 14.4 Å². The highest BCUT2D eigenvalue weighted by atomic mass is 16.6. The van der Waals surface area contributed by atoms with Crippen molar-refractivity contribution in [2.75, 3.05) is 0 Å². The molecule has 0 rings (SSSR count). The van der Waals surface area contributed by atoms with Gasteiger partial charge in [0.15, 0.2) is 5.92 Å². The molecule has 0 aliphatic rings. The number of esters is 2. The summed E-state index contributed by atoms with van der Waals surface area (Å²) in [5.74, 6) is -3.85. The molecule has 0 spiro atoms. The maximum absolute atomic E-state index is 12.2. The van der Waals surface area contributed by atoms with E-state index in [9.17, 15) is 14.4 Å². The van der Waals surface area contributed by atoms with Crippen LogP contribution in [0.5, 0.6) is 0 Å². The molecule has 0 saturated carbocycles. The number of rotatable bonds is 6. The fourth-order valence-corrected chi connectivity index (χ4v) is 1.55. The van der Waals surface area contributed by atoms with E-state index in [1.54, 1.807) is 41.5 Å². The van der Waals surface area contributed by atoms with Gasteiger partial charge in [0, 0.05) is 0 Å². The van der Waals surface area contributed by atoms with Crippen LogP contribution in [0.3, 0.4) is 0 Å². The Morgan fingerprint density at radius 3 is 1.55 bits per heavy atom. The van der Waals surface area contributed by atoms with Gasteiger partial charge in [0.1, 0.15) is 17.2 Å². The van der Waals surface area contributed by atoms with E-state index in [4.69, 9.17) is 20.3 Å². The normalized spacial score (nSPS) is 13.6. The van der Waals surface area contributed by atoms with E-state index in [2.05, 4.69) is 0 Å². The molecule has 0 aromatic rings. The van der Waals surface area contributed by atoms with Crippen molar-refractivity contribution < 1.29 is 29.0 Å². The molecule has 3 N–H and O–H groups in total. The molecule has 0 amide bonds. The van der Waals surface area contributed by atoms with Crippen molar-refractivity contribution in [3.05, 3.63) is 0 Å². The van der Waals surface area contributed by atoms with Crippen LogP contribution in [0.4, 0.5) is 0 Å². The van der Waals surface area contributed by atoms with Crippen LogP contribution in [0.15, 0.2) is 0 Å². The highest BCUT2D eigenvalue weighted by Crippen LogP contribution is 2.20. The Balaban J connectivity index is 5.02. The standard InChI is InChI=1S/C15H27NO6/c1-14(2,3)21-12(19)9(7-8-10(16)11(17)18)13(20)22-15(4,5)6/h9-10H,7-8,16H2,1-6H3,(H,17,18). The molecule has 0 bridgehead atoms. The second kappa shape index (κ2) is 7.58. The van der Waals surface area contributed by atoms with E-state index in [0.29, 0.717) is 0 Å². The number of carbonyl (C=O) groups is 3. The lowest BCUT2D eigenvalue weighted by Crippen LogP contribution is -2.38. The topological polar surface area (TPSA) is 116 Å². The van der Waals surface area contributed by atoms with Crippen LogP contribution in [0.25, 0.3) is 0 Å². The van der Waals surface area contributed by atoms with Gasteiger partial charge >= 0.3 is 17.9 Å². The third-order valence-electron chi connectivity index (χ3n) is 2.47. The number of carboxylic acids is 1. The Labute approximate surface area is 131 Å². The number of carboxylic acid groups (broad SMARTS) is 1. The summed E-state index contributed by atoms with van der Waals surface area (Å²) >= 11 is 0. The first-order valence-corrected chi connectivity index (χ1v) is 7.17. The third-order valence-corrected chi connectivity index (χ3v) is 2.47. The fraction of sp³-hybridized carbons (Fsp3) is 0.800. The van der Waals surface area contributed by atoms with Gasteiger partial charge in [0.25, 0.3) is 0 Å². The quantitative estimate of drug-likeness (QED) is 0.563. The number of carbonyl (C=O) groups excluding carboxylic acids is 2. The summed E-state index contributed by atoms with van der Waals surface area (Å²) in [4.78, 5) is 35.1. The maximum Gasteiger partial charge on any atom is 0.320 e. The lowest BCUT2D eigenvalue weighted by atomic mass is 9.99. The van der Waals surface area contributed by atoms with E-state index >= 15 is 0 Å². The maximum atomic E-state index is 12.2. The van der Waals surface area contributed by atoms with Crippen molar-refractivity contribution in [1.82, 2.24) is 0 Å². The van der Waals surface area contributed by atoms with E-state index in [0.717, 1.165) is 0 Å². The summed E-state index contributed by atoms with van der Waals surface area (Å²) in [6.07, 6.45) is -0.0736. The molecular weight excluding hydrogens is 290 g/mol. The summed E-state index contributed by atoms with van der Waals surface area (Å²) in [5, 5.41) is 8.79. The molecule has 0 aliphatic heterocycles. The zero-order valence-electron chi connectivity index (χ0n) is 14.1. The molecule has 22 heavy (non-hydrogen) atoms. The average molecular weight is 317 g/mol. The van der Waals surface area contributed by atoms with Gasteiger partial charge in [-0.15, -0.1) is 0 Å². The molecule has 7 nitrogen and oxygen atoms in total. The minimum atomic E-state index is -1.19. The van der Waals surface area contributed by atoms with Crippen molar-refractivity contribution in [3.8, 4) is 0 Å². The predicted octanol–water partition coefficient (Wildman–Crippen LogP) is 1.48. The van der Waals surface area contributed by atoms with Crippen molar-refractivity contribution in [1.29, 1.82) is 0 Å². The number of hydrogen-bond donors (Lipinski definition) is 2. The second-order valence-corrected chi connectivity index (χ2v) is 7.14. The molecule has 0 saturated heterocycles. The van der Waals surface area contributed by atoms with Gasteiger partial charge in [0.05, 0.1) is 0 Å². The summed E-state index contributed by atoms with van der Waals surface area (Å²) in [7, 11) is 0. The Bertz CT molecular complexity index is 391. The molecule has 0 heterocycles. The van der Waals surface area contributed by atoms with Crippen molar-refractivity contribution in [3.63, 3.8) is 0 Å². The number of hydrogen-bond acceptors (Lipinski definition) is 6. The molecule has 0 aromatic heterocycles. The molecule has 0 aromatic carbocycles. The summed E-state index contributed by atoms with van der Waals surface area (Å²) < 4.78 is 10.4. The Morgan fingerprint density at radius 1 is 0.909 bits per heavy atom. The lowest BCUT2D eigenvalue weighted by molar-refractivity contribution is -0.175. The predicted molar refractivity (Wildman–Crippen MR) is 80.0 cm³/mol. The number of aliphatic carboxylic acids is 1. The van der Waals surface area contributed by atoms with Crippen LogP contribution < -0.4 is 5.73 Å². The second-order valence-electron chi connectivity index (χ2n) is 7.14. The smallest absolute Gasteiger partial charge is 0.320 e. The number of ether oxygens (including phenoxy) is 2. The van der Waals surface area contributed by atoms with Crippen LogP contribution in [0, 0.1) is 5.92 Å². The molecule has 1 unspecified atom stereocenters. The fourth-order valence-electron chi connectivity index (χ4n) is 1.55. The summed E-state index contributed by atoms with van der Waals surface area (Å²) in [5.41, 5.74) is 3.90. The third kappa shape index (κ3) is 8.61. The van der Waals surface area contributed by atoms with Crippen molar-refractivity contribution >= 4 is 17.9 Å². The minimum absolute atomic E-state index is 0.0293. The molecule has 7 heteroatoms. The molecule has 0 fully saturated rings. The van der Waals surface area contributed by atoms with Gasteiger partial charge in [-0.1, -0.05) is 0 Å². The van der Waals surface area contributed by atoms with E-state index in [1.165, 1.54) is 0 Å². The summed E-state index contributed by atoms with van der Waals surface area (Å²) in [6.45, 7) is 10.1. The highest BCUT2D eigenvalue weighted by Gasteiger charge is 2.35. The average Bonchev–Trinajstić information content (AvgIpc) is 2.23. The largest absolute Gasteiger partial charge is 0.480 e. The first-order valence-electron chi connectivity index (χ1n) is 7.17. The Morgan fingerprint density at radius 2 is 1.27 bits per heavy atom. The van der Waals surface area contributed by atoms with Gasteiger partial charge < -0.3 is 20.3 Å². The zero-order valence-corrected chi connectivity index (χ0v) is 14.1. The van der Waals surface area contributed by atoms with Crippen molar-refractivity contribution in [2.24, 2.45) is 11.7 Å². The van der Waals surface area contributed by atoms with E-state index in [-0.39, 0.29) is 12.8 Å². The SMILES string of the molecule is CC(C)(C)OC(=O)C(CCC(N)C(=O)O)C(=O)OC(C)(C)C. The van der Waals surface area contributed by atoms with E-state index < -0.39 is 41.1 Å². The van der Waals surface area contributed by atoms with Crippen molar-refractivity contribution in [2.45, 2.75) is 71.6 Å². The summed E-state index contributed by atoms with van der Waals surface area (Å²) in [6, 6.07) is -1.15. The van der Waals surface area contributed by atoms with Crippen LogP contribution in [-0.2, 0) is 23.9 Å². The molecule has 128 valence electrons. The van der Waals surface area contributed by atoms with Crippen LogP contribution in [0.1, 0.15) is 54.4 Å². The first-order chi connectivity index (χ1) is 9.73. The van der Waals surface area contributed by atoms with Gasteiger partial charge in [-0.2, -0.15) is 0 Å². The van der Waals surface area contributed by atoms with Crippen LogP contribution in [0.2, 0.25) is 0 Å². The Kier molecular flexibility index (Phi) is 7.02. The zero-order chi connectivity index (χ0) is 17.7.